The second-order valence-electron chi connectivity index (χ2n) is 16.9. The summed E-state index contributed by atoms with van der Waals surface area (Å²) in [6.45, 7) is -0.00612. The Kier molecular flexibility index (Phi) is 7.82. The summed E-state index contributed by atoms with van der Waals surface area (Å²) in [5.41, 5.74) is 19.3. The van der Waals surface area contributed by atoms with Crippen molar-refractivity contribution in [1.29, 1.82) is 0 Å². The third kappa shape index (κ3) is 5.21. The first-order chi connectivity index (χ1) is 31.8. The molecule has 0 amide bonds. The largest absolute Gasteiger partial charge is 0.311 e. The van der Waals surface area contributed by atoms with Crippen LogP contribution in [0.2, 0.25) is 0 Å². The third-order valence-corrected chi connectivity index (χ3v) is 15.3. The lowest BCUT2D eigenvalue weighted by molar-refractivity contribution is 1.16. The minimum Gasteiger partial charge on any atom is -0.311 e. The topological polar surface area (TPSA) is 11.4 Å². The summed E-state index contributed by atoms with van der Waals surface area (Å²) in [6, 6.07) is 77.1. The maximum absolute atomic E-state index is 2.59. The highest BCUT2D eigenvalue weighted by Crippen LogP contribution is 2.51. The smallest absolute Gasteiger partial charge is 0.252 e. The fraction of sp³-hybridized carbons (Fsp3) is 0. The summed E-state index contributed by atoms with van der Waals surface area (Å²) in [5, 5.41) is 9.45. The van der Waals surface area contributed by atoms with Crippen molar-refractivity contribution < 1.29 is 0 Å². The van der Waals surface area contributed by atoms with Crippen LogP contribution in [-0.4, -0.2) is 11.3 Å². The first-order valence-corrected chi connectivity index (χ1v) is 23.6. The van der Waals surface area contributed by atoms with Gasteiger partial charge in [-0.2, -0.15) is 0 Å². The van der Waals surface area contributed by atoms with E-state index in [2.05, 4.69) is 231 Å². The molecular formula is C58H36BN3S2. The molecule has 0 spiro atoms. The van der Waals surface area contributed by atoms with Gasteiger partial charge in [-0.15, -0.1) is 22.7 Å². The van der Waals surface area contributed by atoms with Crippen LogP contribution in [-0.2, 0) is 0 Å². The van der Waals surface area contributed by atoms with Gasteiger partial charge in [-0.05, 0) is 122 Å². The minimum atomic E-state index is -0.00612. The molecule has 2 aliphatic rings. The van der Waals surface area contributed by atoms with Crippen molar-refractivity contribution in [1.82, 2.24) is 4.57 Å². The lowest BCUT2D eigenvalue weighted by Gasteiger charge is -2.45. The molecular weight excluding hydrogens is 814 g/mol. The fourth-order valence-electron chi connectivity index (χ4n) is 10.8. The van der Waals surface area contributed by atoms with Gasteiger partial charge in [0.1, 0.15) is 0 Å². The second-order valence-corrected chi connectivity index (χ2v) is 18.8. The Morgan fingerprint density at radius 2 is 0.797 bits per heavy atom. The molecule has 298 valence electrons. The van der Waals surface area contributed by atoms with Gasteiger partial charge >= 0.3 is 0 Å². The summed E-state index contributed by atoms with van der Waals surface area (Å²) >= 11 is 3.61. The van der Waals surface area contributed by atoms with Crippen LogP contribution < -0.4 is 26.2 Å². The zero-order valence-electron chi connectivity index (χ0n) is 34.5. The third-order valence-electron chi connectivity index (χ3n) is 13.5. The number of nitrogens with zero attached hydrogens (tertiary/aromatic N) is 3. The van der Waals surface area contributed by atoms with Crippen LogP contribution >= 0.6 is 22.7 Å². The summed E-state index contributed by atoms with van der Waals surface area (Å²) in [5.74, 6) is 0. The van der Waals surface area contributed by atoms with Gasteiger partial charge in [0.25, 0.3) is 6.71 Å². The molecule has 6 heteroatoms. The molecule has 0 radical (unpaired) electrons. The Labute approximate surface area is 379 Å². The molecule has 0 atom stereocenters. The monoisotopic (exact) mass is 849 g/mol. The van der Waals surface area contributed by atoms with Crippen molar-refractivity contribution >= 4 is 122 Å². The van der Waals surface area contributed by atoms with E-state index in [4.69, 9.17) is 0 Å². The molecule has 12 aromatic rings. The Morgan fingerprint density at radius 3 is 1.30 bits per heavy atom. The molecule has 0 fully saturated rings. The van der Waals surface area contributed by atoms with Crippen molar-refractivity contribution in [3.63, 3.8) is 0 Å². The predicted molar refractivity (Wildman–Crippen MR) is 276 cm³/mol. The molecule has 0 N–H and O–H groups in total. The van der Waals surface area contributed by atoms with Crippen molar-refractivity contribution in [2.45, 2.75) is 0 Å². The number of benzene rings is 9. The van der Waals surface area contributed by atoms with Crippen molar-refractivity contribution in [2.75, 3.05) is 9.80 Å². The second kappa shape index (κ2) is 13.9. The van der Waals surface area contributed by atoms with Gasteiger partial charge in [0.15, 0.2) is 0 Å². The molecule has 3 nitrogen and oxygen atoms in total. The summed E-state index contributed by atoms with van der Waals surface area (Å²) in [4.78, 5) is 5.19. The van der Waals surface area contributed by atoms with Crippen molar-refractivity contribution in [3.8, 4) is 27.9 Å². The van der Waals surface area contributed by atoms with Crippen LogP contribution in [0.3, 0.4) is 0 Å². The van der Waals surface area contributed by atoms with Crippen LogP contribution in [0.4, 0.5) is 34.1 Å². The molecule has 0 bridgehead atoms. The van der Waals surface area contributed by atoms with Crippen molar-refractivity contribution in [3.05, 3.63) is 217 Å². The van der Waals surface area contributed by atoms with E-state index >= 15 is 0 Å². The first kappa shape index (κ1) is 35.9. The average molecular weight is 850 g/mol. The van der Waals surface area contributed by atoms with Gasteiger partial charge in [0.05, 0.1) is 28.1 Å². The number of aromatic nitrogens is 1. The number of hydrogen-bond donors (Lipinski definition) is 0. The minimum absolute atomic E-state index is 0.00612. The van der Waals surface area contributed by atoms with E-state index in [1.165, 1.54) is 115 Å². The SMILES string of the molecule is c1ccc(-c2cc3ccsc3cc2N2c3ccccc3B3c4ccccc4N(c4cc5sccc5cc4-c4ccccc4)c4cc(-n5c6ccccc6c6ccccc65)cc2c43)cc1. The molecule has 64 heavy (non-hydrogen) atoms. The highest BCUT2D eigenvalue weighted by atomic mass is 32.1. The highest BCUT2D eigenvalue weighted by molar-refractivity contribution is 7.17. The predicted octanol–water partition coefficient (Wildman–Crippen LogP) is 14.6. The van der Waals surface area contributed by atoms with E-state index in [0.717, 1.165) is 5.69 Å². The van der Waals surface area contributed by atoms with Gasteiger partial charge in [-0.3, -0.25) is 0 Å². The van der Waals surface area contributed by atoms with Gasteiger partial charge in [-0.25, -0.2) is 0 Å². The van der Waals surface area contributed by atoms with Crippen LogP contribution in [0.1, 0.15) is 0 Å². The normalized spacial score (nSPS) is 12.9. The summed E-state index contributed by atoms with van der Waals surface area (Å²) in [7, 11) is 0. The van der Waals surface area contributed by atoms with Crippen LogP contribution in [0.5, 0.6) is 0 Å². The molecule has 14 rings (SSSR count). The van der Waals surface area contributed by atoms with Gasteiger partial charge in [0.2, 0.25) is 0 Å². The van der Waals surface area contributed by atoms with E-state index in [9.17, 15) is 0 Å². The molecule has 5 heterocycles. The average Bonchev–Trinajstić information content (AvgIpc) is 4.11. The summed E-state index contributed by atoms with van der Waals surface area (Å²) in [6.07, 6.45) is 0. The molecule has 0 aliphatic carbocycles. The molecule has 3 aromatic heterocycles. The number of para-hydroxylation sites is 4. The fourth-order valence-corrected chi connectivity index (χ4v) is 12.4. The number of fused-ring (bicyclic) bond motifs is 9. The molecule has 0 saturated heterocycles. The molecule has 0 unspecified atom stereocenters. The van der Waals surface area contributed by atoms with Crippen molar-refractivity contribution in [2.24, 2.45) is 0 Å². The lowest BCUT2D eigenvalue weighted by Crippen LogP contribution is -2.61. The lowest BCUT2D eigenvalue weighted by atomic mass is 9.33. The maximum Gasteiger partial charge on any atom is 0.252 e. The zero-order valence-corrected chi connectivity index (χ0v) is 36.2. The van der Waals surface area contributed by atoms with Crippen LogP contribution in [0.25, 0.3) is 69.9 Å². The Morgan fingerprint density at radius 1 is 0.359 bits per heavy atom. The van der Waals surface area contributed by atoms with Crippen LogP contribution in [0.15, 0.2) is 217 Å². The quantitative estimate of drug-likeness (QED) is 0.160. The number of anilines is 6. The molecule has 0 saturated carbocycles. The zero-order chi connectivity index (χ0) is 41.9. The van der Waals surface area contributed by atoms with Gasteiger partial charge in [0, 0.05) is 54.0 Å². The Hall–Kier alpha value is -7.64. The maximum atomic E-state index is 2.59. The van der Waals surface area contributed by atoms with Gasteiger partial charge in [-0.1, -0.05) is 133 Å². The van der Waals surface area contributed by atoms with E-state index in [1.807, 2.05) is 0 Å². The van der Waals surface area contributed by atoms with E-state index in [-0.39, 0.29) is 6.71 Å². The number of hydrogen-bond acceptors (Lipinski definition) is 4. The molecule has 9 aromatic carbocycles. The number of thiophene rings is 2. The van der Waals surface area contributed by atoms with Crippen LogP contribution in [0, 0.1) is 0 Å². The molecule has 2 aliphatic heterocycles. The number of rotatable bonds is 5. The highest BCUT2D eigenvalue weighted by Gasteiger charge is 2.44. The van der Waals surface area contributed by atoms with E-state index in [1.54, 1.807) is 22.7 Å². The Balaban J connectivity index is 1.16. The van der Waals surface area contributed by atoms with Gasteiger partial charge < -0.3 is 14.4 Å². The first-order valence-electron chi connectivity index (χ1n) is 21.8. The van der Waals surface area contributed by atoms with E-state index in [0.29, 0.717) is 0 Å². The standard InChI is InChI=1S/C58H36BN3S2/c1-3-15-37(16-4-1)44-31-39-27-29-63-56(39)35-52(44)61-50-25-13-9-21-46(50)59-47-22-10-14-26-51(47)62(53-36-57-40(28-30-64-57)32-45(53)38-17-5-2-6-18-38)55-34-41(33-54(61)58(55)59)60-48-23-11-7-19-42(48)43-20-8-12-24-49(43)60/h1-36H. The Bertz CT molecular complexity index is 3580. The summed E-state index contributed by atoms with van der Waals surface area (Å²) < 4.78 is 5.03. The van der Waals surface area contributed by atoms with E-state index < -0.39 is 0 Å².